The Bertz CT molecular complexity index is 1080. The number of rotatable bonds is 8. The molecular weight excluding hydrogens is 416 g/mol. The van der Waals surface area contributed by atoms with Crippen LogP contribution in [0.3, 0.4) is 0 Å². The van der Waals surface area contributed by atoms with E-state index in [0.717, 1.165) is 35.1 Å². The van der Waals surface area contributed by atoms with Crippen LogP contribution in [0.5, 0.6) is 0 Å². The van der Waals surface area contributed by atoms with Crippen molar-refractivity contribution in [2.45, 2.75) is 38.4 Å². The smallest absolute Gasteiger partial charge is 0.350 e. The number of hydrogen-bond acceptors (Lipinski definition) is 6. The Morgan fingerprint density at radius 1 is 1.16 bits per heavy atom. The molecular formula is C22H23ClN6O2. The molecule has 0 bridgehead atoms. The zero-order chi connectivity index (χ0) is 21.8. The molecule has 4 rings (SSSR count). The first-order valence-corrected chi connectivity index (χ1v) is 10.5. The van der Waals surface area contributed by atoms with Gasteiger partial charge < -0.3 is 15.3 Å². The minimum absolute atomic E-state index is 0.337. The predicted octanol–water partition coefficient (Wildman–Crippen LogP) is 3.95. The fraction of sp³-hybridized carbons (Fsp3) is 0.273. The molecule has 0 spiro atoms. The van der Waals surface area contributed by atoms with E-state index in [1.165, 1.54) is 0 Å². The predicted molar refractivity (Wildman–Crippen MR) is 118 cm³/mol. The topological polar surface area (TPSA) is 107 Å². The van der Waals surface area contributed by atoms with Gasteiger partial charge in [-0.25, -0.2) is 4.79 Å². The van der Waals surface area contributed by atoms with Gasteiger partial charge in [-0.2, -0.15) is 5.21 Å². The monoisotopic (exact) mass is 438 g/mol. The van der Waals surface area contributed by atoms with Crippen molar-refractivity contribution < 1.29 is 9.90 Å². The molecule has 0 saturated heterocycles. The van der Waals surface area contributed by atoms with E-state index in [-0.39, 0.29) is 0 Å². The van der Waals surface area contributed by atoms with Gasteiger partial charge in [0.05, 0.1) is 0 Å². The van der Waals surface area contributed by atoms with Crippen LogP contribution in [-0.2, 0) is 11.3 Å². The summed E-state index contributed by atoms with van der Waals surface area (Å²) in [5, 5.41) is 27.6. The second kappa shape index (κ2) is 8.77. The fourth-order valence-electron chi connectivity index (χ4n) is 3.84. The van der Waals surface area contributed by atoms with Gasteiger partial charge >= 0.3 is 5.97 Å². The second-order valence-corrected chi connectivity index (χ2v) is 7.88. The van der Waals surface area contributed by atoms with Gasteiger partial charge in [-0.3, -0.25) is 0 Å². The Hall–Kier alpha value is -3.39. The molecule has 2 aromatic carbocycles. The van der Waals surface area contributed by atoms with E-state index in [9.17, 15) is 9.90 Å². The highest BCUT2D eigenvalue weighted by molar-refractivity contribution is 6.29. The number of carbonyl (C=O) groups is 1. The van der Waals surface area contributed by atoms with Crippen LogP contribution < -0.4 is 5.32 Å². The van der Waals surface area contributed by atoms with Crippen molar-refractivity contribution in [1.82, 2.24) is 30.8 Å². The van der Waals surface area contributed by atoms with Gasteiger partial charge in [-0.05, 0) is 28.3 Å². The van der Waals surface area contributed by atoms with Gasteiger partial charge in [0.25, 0.3) is 0 Å². The minimum Gasteiger partial charge on any atom is -0.478 e. The lowest BCUT2D eigenvalue weighted by atomic mass is 9.97. The Balaban J connectivity index is 1.59. The molecule has 1 atom stereocenters. The number of aromatic nitrogens is 4. The van der Waals surface area contributed by atoms with Crippen molar-refractivity contribution in [2.24, 2.45) is 0 Å². The van der Waals surface area contributed by atoms with Gasteiger partial charge in [0.15, 0.2) is 0 Å². The molecule has 31 heavy (non-hydrogen) atoms. The van der Waals surface area contributed by atoms with Crippen LogP contribution >= 0.6 is 11.6 Å². The molecule has 1 unspecified atom stereocenters. The lowest BCUT2D eigenvalue weighted by molar-refractivity contribution is -0.151. The molecule has 3 N–H and O–H groups in total. The number of benzene rings is 2. The summed E-state index contributed by atoms with van der Waals surface area (Å²) in [6.45, 7) is 2.46. The van der Waals surface area contributed by atoms with Gasteiger partial charge in [-0.1, -0.05) is 73.5 Å². The largest absolute Gasteiger partial charge is 0.478 e. The number of nitrogens with one attached hydrogen (secondary N) is 2. The highest BCUT2D eigenvalue weighted by Crippen LogP contribution is 2.33. The van der Waals surface area contributed by atoms with Gasteiger partial charge in [0.1, 0.15) is 5.16 Å². The summed E-state index contributed by atoms with van der Waals surface area (Å²) < 4.78 is 0. The number of carboxylic acid groups (broad SMARTS) is 1. The van der Waals surface area contributed by atoms with Crippen LogP contribution in [0.25, 0.3) is 22.5 Å². The van der Waals surface area contributed by atoms with Gasteiger partial charge in [0, 0.05) is 24.7 Å². The number of halogens is 1. The van der Waals surface area contributed by atoms with Crippen LogP contribution in [0.1, 0.15) is 31.7 Å². The zero-order valence-corrected chi connectivity index (χ0v) is 17.8. The van der Waals surface area contributed by atoms with E-state index in [2.05, 4.69) is 25.9 Å². The summed E-state index contributed by atoms with van der Waals surface area (Å²) >= 11 is 6.18. The van der Waals surface area contributed by atoms with Gasteiger partial charge in [-0.15, -0.1) is 10.2 Å². The third-order valence-electron chi connectivity index (χ3n) is 5.46. The van der Waals surface area contributed by atoms with Crippen LogP contribution in [0.4, 0.5) is 0 Å². The molecule has 0 fully saturated rings. The molecule has 9 heteroatoms. The van der Waals surface area contributed by atoms with E-state index in [4.69, 9.17) is 11.6 Å². The highest BCUT2D eigenvalue weighted by Gasteiger charge is 2.46. The van der Waals surface area contributed by atoms with Crippen LogP contribution in [0.15, 0.2) is 59.9 Å². The minimum atomic E-state index is -1.23. The van der Waals surface area contributed by atoms with E-state index in [0.29, 0.717) is 23.9 Å². The second-order valence-electron chi connectivity index (χ2n) is 7.48. The lowest BCUT2D eigenvalue weighted by Crippen LogP contribution is -2.57. The van der Waals surface area contributed by atoms with Gasteiger partial charge in [0.2, 0.25) is 11.5 Å². The number of unbranched alkanes of at least 4 members (excludes halogenated alkanes) is 1. The molecule has 1 aliphatic rings. The first-order chi connectivity index (χ1) is 15.0. The fourth-order valence-corrected chi connectivity index (χ4v) is 4.12. The van der Waals surface area contributed by atoms with E-state index in [1.54, 1.807) is 11.1 Å². The standard InChI is InChI=1S/C22H23ClN6O2/c1-2-3-12-22(21(30)31)24-19(23)14-29(22)13-15-8-10-16(11-9-15)17-6-4-5-7-18(17)20-25-27-28-26-20/h4-11,14,24H,2-3,12-13H2,1H3,(H,30,31)(H,25,26,27,28). The molecule has 8 nitrogen and oxygen atoms in total. The van der Waals surface area contributed by atoms with Crippen molar-refractivity contribution in [3.05, 3.63) is 65.5 Å². The van der Waals surface area contributed by atoms with E-state index in [1.807, 2.05) is 55.5 Å². The Labute approximate surface area is 184 Å². The van der Waals surface area contributed by atoms with Crippen molar-refractivity contribution in [3.63, 3.8) is 0 Å². The normalized spacial score (nSPS) is 18.0. The van der Waals surface area contributed by atoms with Crippen molar-refractivity contribution >= 4 is 17.6 Å². The molecule has 0 amide bonds. The summed E-state index contributed by atoms with van der Waals surface area (Å²) in [7, 11) is 0. The quantitative estimate of drug-likeness (QED) is 0.457. The summed E-state index contributed by atoms with van der Waals surface area (Å²) in [4.78, 5) is 13.9. The summed E-state index contributed by atoms with van der Waals surface area (Å²) in [5.41, 5.74) is 2.63. The first kappa shape index (κ1) is 20.9. The molecule has 3 aromatic rings. The van der Waals surface area contributed by atoms with Crippen LogP contribution in [-0.4, -0.2) is 42.3 Å². The molecule has 0 saturated carbocycles. The number of aromatic amines is 1. The maximum atomic E-state index is 12.1. The average Bonchev–Trinajstić information content (AvgIpc) is 3.41. The first-order valence-electron chi connectivity index (χ1n) is 10.1. The lowest BCUT2D eigenvalue weighted by Gasteiger charge is -2.36. The summed E-state index contributed by atoms with van der Waals surface area (Å²) in [5.74, 6) is -0.400. The molecule has 1 aromatic heterocycles. The van der Waals surface area contributed by atoms with Crippen LogP contribution in [0.2, 0.25) is 0 Å². The number of carboxylic acids is 1. The maximum Gasteiger partial charge on any atom is 0.350 e. The van der Waals surface area contributed by atoms with Crippen molar-refractivity contribution in [1.29, 1.82) is 0 Å². The Kier molecular flexibility index (Phi) is 5.90. The number of hydrogen-bond donors (Lipinski definition) is 3. The van der Waals surface area contributed by atoms with Crippen molar-refractivity contribution in [2.75, 3.05) is 0 Å². The Morgan fingerprint density at radius 2 is 1.90 bits per heavy atom. The third kappa shape index (κ3) is 4.11. The summed E-state index contributed by atoms with van der Waals surface area (Å²) in [6, 6.07) is 15.9. The SMILES string of the molecule is CCCCC1(C(=O)O)NC(Cl)=CN1Cc1ccc(-c2ccccc2-c2nn[nH]n2)cc1. The molecule has 0 radical (unpaired) electrons. The summed E-state index contributed by atoms with van der Waals surface area (Å²) in [6.07, 6.45) is 3.81. The number of nitrogens with zero attached hydrogens (tertiary/aromatic N) is 4. The number of aliphatic carboxylic acids is 1. The van der Waals surface area contributed by atoms with E-state index >= 15 is 0 Å². The van der Waals surface area contributed by atoms with Crippen molar-refractivity contribution in [3.8, 4) is 22.5 Å². The van der Waals surface area contributed by atoms with E-state index < -0.39 is 11.6 Å². The maximum absolute atomic E-state index is 12.1. The molecule has 1 aliphatic heterocycles. The number of tetrazole rings is 1. The third-order valence-corrected chi connectivity index (χ3v) is 5.65. The highest BCUT2D eigenvalue weighted by atomic mass is 35.5. The van der Waals surface area contributed by atoms with Crippen LogP contribution in [0, 0.1) is 0 Å². The Morgan fingerprint density at radius 3 is 2.55 bits per heavy atom. The number of H-pyrrole nitrogens is 1. The molecule has 2 heterocycles. The average molecular weight is 439 g/mol. The molecule has 160 valence electrons. The molecule has 0 aliphatic carbocycles. The zero-order valence-electron chi connectivity index (χ0n) is 17.0.